The molecule has 0 bridgehead atoms. The zero-order chi connectivity index (χ0) is 13.7. The minimum atomic E-state index is -0.492. The van der Waals surface area contributed by atoms with Gasteiger partial charge in [-0.15, -0.1) is 0 Å². The molecule has 3 N–H and O–H groups in total. The zero-order valence-corrected chi connectivity index (χ0v) is 10.7. The molecule has 0 saturated heterocycles. The molecular formula is C13H19FN2O2. The van der Waals surface area contributed by atoms with Crippen LogP contribution in [-0.2, 0) is 11.3 Å². The minimum Gasteiger partial charge on any atom is -0.508 e. The molecule has 1 amide bonds. The number of phenolic OH excluding ortho intramolecular Hbond substituents is 1. The van der Waals surface area contributed by atoms with Crippen LogP contribution >= 0.6 is 0 Å². The molecule has 0 aromatic heterocycles. The molecule has 0 heterocycles. The first-order chi connectivity index (χ1) is 8.36. The molecule has 18 heavy (non-hydrogen) atoms. The smallest absolute Gasteiger partial charge is 0.231 e. The molecule has 0 atom stereocenters. The van der Waals surface area contributed by atoms with Crippen LogP contribution in [0.1, 0.15) is 19.4 Å². The summed E-state index contributed by atoms with van der Waals surface area (Å²) in [5, 5.41) is 9.32. The summed E-state index contributed by atoms with van der Waals surface area (Å²) in [4.78, 5) is 12.8. The zero-order valence-electron chi connectivity index (χ0n) is 10.7. The highest BCUT2D eigenvalue weighted by atomic mass is 19.1. The quantitative estimate of drug-likeness (QED) is 0.808. The van der Waals surface area contributed by atoms with Gasteiger partial charge in [-0.1, -0.05) is 13.8 Å². The third-order valence-electron chi connectivity index (χ3n) is 2.35. The predicted octanol–water partition coefficient (Wildman–Crippen LogP) is 1.47. The highest BCUT2D eigenvalue weighted by Gasteiger charge is 2.12. The van der Waals surface area contributed by atoms with Crippen molar-refractivity contribution >= 4 is 5.91 Å². The lowest BCUT2D eigenvalue weighted by molar-refractivity contribution is -0.119. The Balaban J connectivity index is 2.77. The number of hydrogen-bond acceptors (Lipinski definition) is 3. The Labute approximate surface area is 106 Å². The predicted molar refractivity (Wildman–Crippen MR) is 67.4 cm³/mol. The van der Waals surface area contributed by atoms with E-state index >= 15 is 0 Å². The number of primary amides is 1. The molecule has 5 heteroatoms. The number of carbonyl (C=O) groups is 1. The molecule has 0 aliphatic carbocycles. The molecular weight excluding hydrogens is 235 g/mol. The Morgan fingerprint density at radius 2 is 2.11 bits per heavy atom. The standard InChI is InChI=1S/C13H19FN2O2/c1-9(2)6-16(8-13(15)18)7-10-3-11(14)5-12(17)4-10/h3-5,9,17H,6-8H2,1-2H3,(H2,15,18). The second-order valence-corrected chi connectivity index (χ2v) is 4.85. The summed E-state index contributed by atoms with van der Waals surface area (Å²) >= 11 is 0. The van der Waals surface area contributed by atoms with Gasteiger partial charge in [-0.3, -0.25) is 9.69 Å². The molecule has 1 rings (SSSR count). The fourth-order valence-corrected chi connectivity index (χ4v) is 1.90. The number of amides is 1. The fourth-order valence-electron chi connectivity index (χ4n) is 1.90. The van der Waals surface area contributed by atoms with Crippen LogP contribution in [0.4, 0.5) is 4.39 Å². The molecule has 4 nitrogen and oxygen atoms in total. The number of nitrogens with zero attached hydrogens (tertiary/aromatic N) is 1. The number of aromatic hydroxyl groups is 1. The van der Waals surface area contributed by atoms with Crippen molar-refractivity contribution in [3.05, 3.63) is 29.6 Å². The van der Waals surface area contributed by atoms with Crippen molar-refractivity contribution in [2.45, 2.75) is 20.4 Å². The van der Waals surface area contributed by atoms with Crippen LogP contribution in [0.2, 0.25) is 0 Å². The van der Waals surface area contributed by atoms with Crippen molar-refractivity contribution in [3.8, 4) is 5.75 Å². The largest absolute Gasteiger partial charge is 0.508 e. The second-order valence-electron chi connectivity index (χ2n) is 4.85. The molecule has 0 unspecified atom stereocenters. The van der Waals surface area contributed by atoms with Crippen LogP contribution in [0, 0.1) is 11.7 Å². The Hall–Kier alpha value is -1.62. The summed E-state index contributed by atoms with van der Waals surface area (Å²) in [5.74, 6) is -0.662. The number of rotatable bonds is 6. The van der Waals surface area contributed by atoms with Crippen molar-refractivity contribution in [2.24, 2.45) is 11.7 Å². The van der Waals surface area contributed by atoms with E-state index in [1.807, 2.05) is 18.7 Å². The molecule has 0 saturated carbocycles. The lowest BCUT2D eigenvalue weighted by atomic mass is 10.1. The van der Waals surface area contributed by atoms with Gasteiger partial charge < -0.3 is 10.8 Å². The highest BCUT2D eigenvalue weighted by molar-refractivity contribution is 5.75. The van der Waals surface area contributed by atoms with Crippen molar-refractivity contribution in [1.82, 2.24) is 4.90 Å². The summed E-state index contributed by atoms with van der Waals surface area (Å²) in [6.07, 6.45) is 0. The molecule has 0 fully saturated rings. The van der Waals surface area contributed by atoms with Gasteiger partial charge in [0.05, 0.1) is 6.54 Å². The highest BCUT2D eigenvalue weighted by Crippen LogP contribution is 2.16. The van der Waals surface area contributed by atoms with E-state index in [0.717, 1.165) is 6.07 Å². The Bertz CT molecular complexity index is 401. The molecule has 0 radical (unpaired) electrons. The van der Waals surface area contributed by atoms with E-state index in [2.05, 4.69) is 0 Å². The summed E-state index contributed by atoms with van der Waals surface area (Å²) < 4.78 is 13.1. The van der Waals surface area contributed by atoms with Gasteiger partial charge in [0.1, 0.15) is 11.6 Å². The van der Waals surface area contributed by atoms with Crippen LogP contribution in [0.15, 0.2) is 18.2 Å². The van der Waals surface area contributed by atoms with Gasteiger partial charge in [0.2, 0.25) is 5.91 Å². The number of benzene rings is 1. The van der Waals surface area contributed by atoms with Crippen molar-refractivity contribution < 1.29 is 14.3 Å². The average Bonchev–Trinajstić information content (AvgIpc) is 2.12. The molecule has 100 valence electrons. The number of nitrogens with two attached hydrogens (primary N) is 1. The van der Waals surface area contributed by atoms with Gasteiger partial charge in [-0.25, -0.2) is 4.39 Å². The van der Waals surface area contributed by atoms with E-state index in [0.29, 0.717) is 24.6 Å². The van der Waals surface area contributed by atoms with Gasteiger partial charge in [-0.05, 0) is 23.6 Å². The lowest BCUT2D eigenvalue weighted by Crippen LogP contribution is -2.35. The maximum atomic E-state index is 13.1. The van der Waals surface area contributed by atoms with E-state index in [4.69, 9.17) is 5.73 Å². The van der Waals surface area contributed by atoms with E-state index in [9.17, 15) is 14.3 Å². The average molecular weight is 254 g/mol. The van der Waals surface area contributed by atoms with Crippen LogP contribution < -0.4 is 5.73 Å². The van der Waals surface area contributed by atoms with Crippen LogP contribution in [0.25, 0.3) is 0 Å². The van der Waals surface area contributed by atoms with Gasteiger partial charge in [0.25, 0.3) is 0 Å². The number of halogens is 1. The monoisotopic (exact) mass is 254 g/mol. The van der Waals surface area contributed by atoms with Gasteiger partial charge in [-0.2, -0.15) is 0 Å². The second kappa shape index (κ2) is 6.35. The number of hydrogen-bond donors (Lipinski definition) is 2. The third kappa shape index (κ3) is 5.14. The van der Waals surface area contributed by atoms with Crippen molar-refractivity contribution in [2.75, 3.05) is 13.1 Å². The molecule has 0 aliphatic heterocycles. The Morgan fingerprint density at radius 1 is 1.44 bits per heavy atom. The van der Waals surface area contributed by atoms with Gasteiger partial charge in [0.15, 0.2) is 0 Å². The first-order valence-electron chi connectivity index (χ1n) is 5.86. The van der Waals surface area contributed by atoms with Gasteiger partial charge >= 0.3 is 0 Å². The first kappa shape index (κ1) is 14.4. The topological polar surface area (TPSA) is 66.6 Å². The maximum absolute atomic E-state index is 13.1. The number of phenols is 1. The minimum absolute atomic E-state index is 0.117. The van der Waals surface area contributed by atoms with Crippen molar-refractivity contribution in [3.63, 3.8) is 0 Å². The molecule has 0 aliphatic rings. The summed E-state index contributed by atoms with van der Waals surface area (Å²) in [5.41, 5.74) is 5.80. The summed E-state index contributed by atoms with van der Waals surface area (Å²) in [7, 11) is 0. The van der Waals surface area contributed by atoms with Gasteiger partial charge in [0, 0.05) is 19.2 Å². The molecule has 1 aromatic carbocycles. The van der Waals surface area contributed by atoms with Crippen LogP contribution in [-0.4, -0.2) is 29.0 Å². The summed E-state index contributed by atoms with van der Waals surface area (Å²) in [6.45, 7) is 5.23. The molecule has 0 spiro atoms. The normalized spacial score (nSPS) is 11.2. The van der Waals surface area contributed by atoms with E-state index in [1.165, 1.54) is 12.1 Å². The van der Waals surface area contributed by atoms with E-state index in [-0.39, 0.29) is 12.3 Å². The summed E-state index contributed by atoms with van der Waals surface area (Å²) in [6, 6.07) is 3.87. The molecule has 1 aromatic rings. The van der Waals surface area contributed by atoms with Crippen LogP contribution in [0.5, 0.6) is 5.75 Å². The SMILES string of the molecule is CC(C)CN(CC(N)=O)Cc1cc(O)cc(F)c1. The Kier molecular flexibility index (Phi) is 5.09. The lowest BCUT2D eigenvalue weighted by Gasteiger charge is -2.22. The first-order valence-corrected chi connectivity index (χ1v) is 5.86. The van der Waals surface area contributed by atoms with E-state index in [1.54, 1.807) is 0 Å². The van der Waals surface area contributed by atoms with Crippen LogP contribution in [0.3, 0.4) is 0 Å². The van der Waals surface area contributed by atoms with Crippen molar-refractivity contribution in [1.29, 1.82) is 0 Å². The Morgan fingerprint density at radius 3 is 2.61 bits per heavy atom. The number of carbonyl (C=O) groups excluding carboxylic acids is 1. The third-order valence-corrected chi connectivity index (χ3v) is 2.35. The van der Waals surface area contributed by atoms with E-state index < -0.39 is 11.7 Å². The fraction of sp³-hybridized carbons (Fsp3) is 0.462. The maximum Gasteiger partial charge on any atom is 0.231 e.